The second-order valence-corrected chi connectivity index (χ2v) is 6.71. The van der Waals surface area contributed by atoms with Crippen molar-refractivity contribution in [2.75, 3.05) is 6.54 Å². The van der Waals surface area contributed by atoms with Crippen LogP contribution < -0.4 is 0 Å². The summed E-state index contributed by atoms with van der Waals surface area (Å²) in [6.45, 7) is 1.22. The first-order chi connectivity index (χ1) is 8.34. The lowest BCUT2D eigenvalue weighted by molar-refractivity contribution is 0.301. The van der Waals surface area contributed by atoms with Crippen LogP contribution in [0.4, 0.5) is 0 Å². The van der Waals surface area contributed by atoms with E-state index in [-0.39, 0.29) is 0 Å². The zero-order valence-corrected chi connectivity index (χ0v) is 12.4. The summed E-state index contributed by atoms with van der Waals surface area (Å²) in [5, 5.41) is 0. The summed E-state index contributed by atoms with van der Waals surface area (Å²) in [4.78, 5) is 0. The van der Waals surface area contributed by atoms with Gasteiger partial charge in [0, 0.05) is 35.5 Å². The van der Waals surface area contributed by atoms with Gasteiger partial charge in [-0.2, -0.15) is 0 Å². The molecular formula is C15H20IN. The van der Waals surface area contributed by atoms with Crippen LogP contribution in [-0.2, 0) is 6.42 Å². The number of hydrogen-bond acceptors (Lipinski definition) is 1. The fourth-order valence-corrected chi connectivity index (χ4v) is 4.19. The van der Waals surface area contributed by atoms with Gasteiger partial charge in [-0.25, -0.2) is 3.11 Å². The van der Waals surface area contributed by atoms with E-state index in [1.165, 1.54) is 45.1 Å². The Morgan fingerprint density at radius 3 is 2.76 bits per heavy atom. The van der Waals surface area contributed by atoms with Crippen molar-refractivity contribution in [1.29, 1.82) is 0 Å². The predicted molar refractivity (Wildman–Crippen MR) is 80.2 cm³/mol. The first-order valence-corrected chi connectivity index (χ1v) is 7.81. The van der Waals surface area contributed by atoms with Crippen LogP contribution in [0.25, 0.3) is 0 Å². The third kappa shape index (κ3) is 2.53. The van der Waals surface area contributed by atoms with Crippen molar-refractivity contribution in [3.63, 3.8) is 0 Å². The largest absolute Gasteiger partial charge is 0.240 e. The molecule has 1 heterocycles. The molecule has 1 saturated carbocycles. The Balaban J connectivity index is 1.81. The average Bonchev–Trinajstić information content (AvgIpc) is 2.86. The standard InChI is InChI=1S/C15H20IN/c16-17-10-9-13-7-3-4-8-14(13)15(17)11-12-5-1-2-6-12/h3-4,7-8,12,15H,1-2,5-6,9-11H2. The molecule has 0 bridgehead atoms. The van der Waals surface area contributed by atoms with E-state index in [0.29, 0.717) is 6.04 Å². The molecule has 0 aromatic heterocycles. The lowest BCUT2D eigenvalue weighted by Gasteiger charge is -2.34. The maximum Gasteiger partial charge on any atom is 0.0449 e. The number of fused-ring (bicyclic) bond motifs is 1. The van der Waals surface area contributed by atoms with Crippen molar-refractivity contribution in [3.8, 4) is 0 Å². The number of nitrogens with zero attached hydrogens (tertiary/aromatic N) is 1. The molecule has 2 aliphatic rings. The van der Waals surface area contributed by atoms with E-state index >= 15 is 0 Å². The maximum absolute atomic E-state index is 2.54. The Morgan fingerprint density at radius 2 is 1.94 bits per heavy atom. The van der Waals surface area contributed by atoms with Crippen molar-refractivity contribution in [1.82, 2.24) is 3.11 Å². The van der Waals surface area contributed by atoms with Crippen LogP contribution in [0.2, 0.25) is 0 Å². The molecule has 1 nitrogen and oxygen atoms in total. The van der Waals surface area contributed by atoms with Crippen LogP contribution in [0, 0.1) is 5.92 Å². The van der Waals surface area contributed by atoms with E-state index in [0.717, 1.165) is 5.92 Å². The average molecular weight is 341 g/mol. The van der Waals surface area contributed by atoms with Gasteiger partial charge in [-0.3, -0.25) is 0 Å². The molecule has 0 N–H and O–H groups in total. The highest BCUT2D eigenvalue weighted by atomic mass is 127. The van der Waals surface area contributed by atoms with Gasteiger partial charge in [-0.05, 0) is 29.9 Å². The molecular weight excluding hydrogens is 321 g/mol. The van der Waals surface area contributed by atoms with E-state index in [4.69, 9.17) is 0 Å². The molecule has 1 unspecified atom stereocenters. The topological polar surface area (TPSA) is 3.24 Å². The molecule has 0 amide bonds. The molecule has 1 aromatic rings. The van der Waals surface area contributed by atoms with Crippen LogP contribution in [0.15, 0.2) is 24.3 Å². The number of halogens is 1. The zero-order valence-electron chi connectivity index (χ0n) is 10.2. The van der Waals surface area contributed by atoms with E-state index in [1.54, 1.807) is 11.1 Å². The molecule has 92 valence electrons. The first kappa shape index (κ1) is 12.0. The Hall–Kier alpha value is -0.0900. The molecule has 1 aliphatic heterocycles. The number of hydrogen-bond donors (Lipinski definition) is 0. The zero-order chi connectivity index (χ0) is 11.7. The predicted octanol–water partition coefficient (Wildman–Crippen LogP) is 4.52. The molecule has 1 fully saturated rings. The Labute approximate surface area is 118 Å². The fraction of sp³-hybridized carbons (Fsp3) is 0.600. The van der Waals surface area contributed by atoms with Gasteiger partial charge >= 0.3 is 0 Å². The van der Waals surface area contributed by atoms with Crippen LogP contribution in [-0.4, -0.2) is 9.66 Å². The Kier molecular flexibility index (Phi) is 3.71. The van der Waals surface area contributed by atoms with Crippen LogP contribution in [0.1, 0.15) is 49.3 Å². The molecule has 1 aromatic carbocycles. The minimum atomic E-state index is 0.670. The van der Waals surface area contributed by atoms with Crippen molar-refractivity contribution in [2.45, 2.75) is 44.6 Å². The number of rotatable bonds is 2. The number of benzene rings is 1. The van der Waals surface area contributed by atoms with E-state index in [9.17, 15) is 0 Å². The third-order valence-electron chi connectivity index (χ3n) is 4.38. The summed E-state index contributed by atoms with van der Waals surface area (Å²) >= 11 is 2.54. The Morgan fingerprint density at radius 1 is 1.18 bits per heavy atom. The molecule has 1 aliphatic carbocycles. The Bertz CT molecular complexity index is 384. The lowest BCUT2D eigenvalue weighted by Crippen LogP contribution is -2.28. The second kappa shape index (κ2) is 5.27. The molecule has 0 saturated heterocycles. The van der Waals surface area contributed by atoms with Gasteiger partial charge in [-0.1, -0.05) is 49.9 Å². The van der Waals surface area contributed by atoms with Gasteiger partial charge in [0.25, 0.3) is 0 Å². The monoisotopic (exact) mass is 341 g/mol. The lowest BCUT2D eigenvalue weighted by atomic mass is 9.88. The molecule has 0 radical (unpaired) electrons. The van der Waals surface area contributed by atoms with Gasteiger partial charge in [0.15, 0.2) is 0 Å². The van der Waals surface area contributed by atoms with Crippen LogP contribution in [0.5, 0.6) is 0 Å². The maximum atomic E-state index is 2.54. The summed E-state index contributed by atoms with van der Waals surface area (Å²) < 4.78 is 2.54. The summed E-state index contributed by atoms with van der Waals surface area (Å²) in [5.41, 5.74) is 3.18. The molecule has 1 atom stereocenters. The molecule has 2 heteroatoms. The minimum absolute atomic E-state index is 0.670. The van der Waals surface area contributed by atoms with E-state index in [1.807, 2.05) is 0 Å². The summed E-state index contributed by atoms with van der Waals surface area (Å²) in [6.07, 6.45) is 8.44. The van der Waals surface area contributed by atoms with Crippen molar-refractivity contribution >= 4 is 22.9 Å². The third-order valence-corrected chi connectivity index (χ3v) is 5.53. The fourth-order valence-electron chi connectivity index (χ4n) is 3.42. The minimum Gasteiger partial charge on any atom is -0.240 e. The SMILES string of the molecule is IN1CCc2ccccc2C1CC1CCCC1. The van der Waals surface area contributed by atoms with E-state index in [2.05, 4.69) is 50.2 Å². The van der Waals surface area contributed by atoms with E-state index < -0.39 is 0 Å². The summed E-state index contributed by atoms with van der Waals surface area (Å²) in [7, 11) is 0. The summed E-state index contributed by atoms with van der Waals surface area (Å²) in [6, 6.07) is 9.73. The quantitative estimate of drug-likeness (QED) is 0.565. The van der Waals surface area contributed by atoms with Crippen LogP contribution in [0.3, 0.4) is 0 Å². The van der Waals surface area contributed by atoms with Crippen molar-refractivity contribution < 1.29 is 0 Å². The van der Waals surface area contributed by atoms with Gasteiger partial charge in [-0.15, -0.1) is 0 Å². The van der Waals surface area contributed by atoms with Crippen molar-refractivity contribution in [2.24, 2.45) is 5.92 Å². The van der Waals surface area contributed by atoms with Gasteiger partial charge in [0.1, 0.15) is 0 Å². The highest BCUT2D eigenvalue weighted by Gasteiger charge is 2.29. The van der Waals surface area contributed by atoms with Gasteiger partial charge < -0.3 is 0 Å². The molecule has 3 rings (SSSR count). The van der Waals surface area contributed by atoms with Crippen molar-refractivity contribution in [3.05, 3.63) is 35.4 Å². The second-order valence-electron chi connectivity index (χ2n) is 5.47. The van der Waals surface area contributed by atoms with Gasteiger partial charge in [0.05, 0.1) is 0 Å². The highest BCUT2D eigenvalue weighted by Crippen LogP contribution is 2.40. The summed E-state index contributed by atoms with van der Waals surface area (Å²) in [5.74, 6) is 0.975. The molecule has 0 spiro atoms. The van der Waals surface area contributed by atoms with Crippen LogP contribution >= 0.6 is 22.9 Å². The molecule has 17 heavy (non-hydrogen) atoms. The normalized spacial score (nSPS) is 26.1. The van der Waals surface area contributed by atoms with Gasteiger partial charge in [0.2, 0.25) is 0 Å². The smallest absolute Gasteiger partial charge is 0.0449 e. The highest BCUT2D eigenvalue weighted by molar-refractivity contribution is 14.1. The first-order valence-electron chi connectivity index (χ1n) is 6.85.